The smallest absolute Gasteiger partial charge is 0.341 e. The molecule has 0 atom stereocenters. The summed E-state index contributed by atoms with van der Waals surface area (Å²) in [5.41, 5.74) is 2.28. The van der Waals surface area contributed by atoms with Gasteiger partial charge < -0.3 is 9.47 Å². The van der Waals surface area contributed by atoms with Gasteiger partial charge in [0.25, 0.3) is 0 Å². The third-order valence-electron chi connectivity index (χ3n) is 3.63. The molecule has 2 aromatic rings. The molecule has 0 aliphatic carbocycles. The van der Waals surface area contributed by atoms with Crippen LogP contribution in [0, 0.1) is 5.92 Å². The van der Waals surface area contributed by atoms with Gasteiger partial charge in [-0.05, 0) is 61.0 Å². The number of methoxy groups -OCH3 is 1. The van der Waals surface area contributed by atoms with Gasteiger partial charge in [0.2, 0.25) is 6.61 Å². The van der Waals surface area contributed by atoms with Crippen molar-refractivity contribution in [3.05, 3.63) is 65.6 Å². The summed E-state index contributed by atoms with van der Waals surface area (Å²) in [7, 11) is 1.64. The lowest BCUT2D eigenvalue weighted by molar-refractivity contribution is 0.0518. The molecule has 24 heavy (non-hydrogen) atoms. The summed E-state index contributed by atoms with van der Waals surface area (Å²) in [4.78, 5) is 16.3. The van der Waals surface area contributed by atoms with Gasteiger partial charge in [-0.25, -0.2) is 4.79 Å². The molecule has 0 spiro atoms. The third kappa shape index (κ3) is 5.16. The van der Waals surface area contributed by atoms with Crippen LogP contribution in [-0.4, -0.2) is 25.9 Å². The van der Waals surface area contributed by atoms with Crippen LogP contribution in [0.5, 0.6) is 5.75 Å². The first-order chi connectivity index (χ1) is 11.6. The van der Waals surface area contributed by atoms with E-state index in [9.17, 15) is 4.79 Å². The van der Waals surface area contributed by atoms with E-state index >= 15 is 0 Å². The Kier molecular flexibility index (Phi) is 6.43. The molecule has 0 radical (unpaired) electrons. The van der Waals surface area contributed by atoms with Crippen molar-refractivity contribution in [3.63, 3.8) is 0 Å². The van der Waals surface area contributed by atoms with E-state index in [0.29, 0.717) is 12.2 Å². The molecule has 4 heteroatoms. The van der Waals surface area contributed by atoms with E-state index in [1.165, 1.54) is 0 Å². The number of ether oxygens (including phenoxy) is 2. The predicted molar refractivity (Wildman–Crippen MR) is 96.2 cm³/mol. The SMILES string of the molecule is CC[C+](C)COC(=O)c1ccc(N=Cc2ccc(OC)cc2)cc1. The van der Waals surface area contributed by atoms with E-state index in [2.05, 4.69) is 4.99 Å². The molecule has 0 aliphatic heterocycles. The minimum Gasteiger partial charge on any atom is -0.497 e. The summed E-state index contributed by atoms with van der Waals surface area (Å²) in [5.74, 6) is 1.64. The van der Waals surface area contributed by atoms with Crippen LogP contribution in [0.1, 0.15) is 36.2 Å². The Morgan fingerprint density at radius 2 is 1.79 bits per heavy atom. The maximum atomic E-state index is 11.9. The number of carbonyl (C=O) groups is 1. The Hall–Kier alpha value is -2.75. The van der Waals surface area contributed by atoms with Crippen molar-refractivity contribution >= 4 is 17.9 Å². The first-order valence-corrected chi connectivity index (χ1v) is 7.89. The van der Waals surface area contributed by atoms with E-state index in [1.54, 1.807) is 37.6 Å². The number of hydrogen-bond acceptors (Lipinski definition) is 4. The number of esters is 1. The van der Waals surface area contributed by atoms with Crippen molar-refractivity contribution in [2.75, 3.05) is 13.7 Å². The molecule has 0 heterocycles. The van der Waals surface area contributed by atoms with Gasteiger partial charge in [0.05, 0.1) is 31.7 Å². The maximum Gasteiger partial charge on any atom is 0.341 e. The van der Waals surface area contributed by atoms with Crippen LogP contribution in [0.25, 0.3) is 0 Å². The molecule has 0 aliphatic rings. The highest BCUT2D eigenvalue weighted by molar-refractivity contribution is 5.90. The second kappa shape index (κ2) is 8.77. The van der Waals surface area contributed by atoms with Crippen LogP contribution in [0.3, 0.4) is 0 Å². The van der Waals surface area contributed by atoms with Crippen LogP contribution >= 0.6 is 0 Å². The van der Waals surface area contributed by atoms with Crippen molar-refractivity contribution in [2.24, 2.45) is 4.99 Å². The number of aliphatic imine (C=N–C) groups is 1. The van der Waals surface area contributed by atoms with Crippen molar-refractivity contribution in [1.82, 2.24) is 0 Å². The topological polar surface area (TPSA) is 47.9 Å². The molecule has 0 fully saturated rings. The van der Waals surface area contributed by atoms with Crippen molar-refractivity contribution in [2.45, 2.75) is 20.3 Å². The lowest BCUT2D eigenvalue weighted by Gasteiger charge is -2.03. The number of hydrogen-bond donors (Lipinski definition) is 0. The van der Waals surface area contributed by atoms with Gasteiger partial charge in [0.1, 0.15) is 11.7 Å². The van der Waals surface area contributed by atoms with Gasteiger partial charge in [-0.15, -0.1) is 0 Å². The van der Waals surface area contributed by atoms with E-state index in [4.69, 9.17) is 9.47 Å². The van der Waals surface area contributed by atoms with Gasteiger partial charge >= 0.3 is 5.97 Å². The fourth-order valence-electron chi connectivity index (χ4n) is 1.90. The number of benzene rings is 2. The summed E-state index contributed by atoms with van der Waals surface area (Å²) in [6.07, 6.45) is 2.68. The molecule has 0 saturated heterocycles. The highest BCUT2D eigenvalue weighted by atomic mass is 16.5. The molecule has 124 valence electrons. The Morgan fingerprint density at radius 1 is 1.12 bits per heavy atom. The Bertz CT molecular complexity index is 675. The molecule has 4 nitrogen and oxygen atoms in total. The Balaban J connectivity index is 1.95. The first kappa shape index (κ1) is 17.6. The van der Waals surface area contributed by atoms with Gasteiger partial charge in [-0.1, -0.05) is 0 Å². The highest BCUT2D eigenvalue weighted by Crippen LogP contribution is 2.16. The molecule has 2 rings (SSSR count). The third-order valence-corrected chi connectivity index (χ3v) is 3.63. The quantitative estimate of drug-likeness (QED) is 0.424. The van der Waals surface area contributed by atoms with Gasteiger partial charge in [-0.3, -0.25) is 4.99 Å². The highest BCUT2D eigenvalue weighted by Gasteiger charge is 2.14. The lowest BCUT2D eigenvalue weighted by atomic mass is 10.1. The second-order valence-electron chi connectivity index (χ2n) is 5.47. The van der Waals surface area contributed by atoms with E-state index < -0.39 is 0 Å². The summed E-state index contributed by atoms with van der Waals surface area (Å²) in [6.45, 7) is 4.38. The number of rotatable bonds is 7. The zero-order valence-corrected chi connectivity index (χ0v) is 14.3. The minimum atomic E-state index is -0.312. The fraction of sp³-hybridized carbons (Fsp3) is 0.250. The Labute approximate surface area is 143 Å². The molecule has 0 aromatic heterocycles. The van der Waals surface area contributed by atoms with Crippen molar-refractivity contribution in [1.29, 1.82) is 0 Å². The van der Waals surface area contributed by atoms with E-state index in [-0.39, 0.29) is 5.97 Å². The molecular formula is C20H22NO3+. The second-order valence-corrected chi connectivity index (χ2v) is 5.47. The summed E-state index contributed by atoms with van der Waals surface area (Å²) in [5, 5.41) is 0. The van der Waals surface area contributed by atoms with Gasteiger partial charge in [-0.2, -0.15) is 0 Å². The van der Waals surface area contributed by atoms with E-state index in [1.807, 2.05) is 38.1 Å². The maximum absolute atomic E-state index is 11.9. The predicted octanol–water partition coefficient (Wildman–Crippen LogP) is 4.61. The molecular weight excluding hydrogens is 302 g/mol. The zero-order valence-electron chi connectivity index (χ0n) is 14.3. The number of nitrogens with zero attached hydrogens (tertiary/aromatic N) is 1. The van der Waals surface area contributed by atoms with Crippen LogP contribution in [0.4, 0.5) is 5.69 Å². The van der Waals surface area contributed by atoms with Crippen LogP contribution < -0.4 is 4.74 Å². The van der Waals surface area contributed by atoms with Crippen molar-refractivity contribution in [3.8, 4) is 5.75 Å². The lowest BCUT2D eigenvalue weighted by Crippen LogP contribution is -2.10. The average Bonchev–Trinajstić information content (AvgIpc) is 2.64. The molecule has 0 unspecified atom stereocenters. The molecule has 0 amide bonds. The number of carbonyl (C=O) groups excluding carboxylic acids is 1. The molecule has 0 bridgehead atoms. The van der Waals surface area contributed by atoms with Crippen LogP contribution in [0.2, 0.25) is 0 Å². The van der Waals surface area contributed by atoms with Gasteiger partial charge in [0.15, 0.2) is 0 Å². The first-order valence-electron chi connectivity index (χ1n) is 7.89. The Morgan fingerprint density at radius 3 is 2.38 bits per heavy atom. The summed E-state index contributed by atoms with van der Waals surface area (Å²) < 4.78 is 10.4. The fourth-order valence-corrected chi connectivity index (χ4v) is 1.90. The van der Waals surface area contributed by atoms with Gasteiger partial charge in [0, 0.05) is 6.21 Å². The average molecular weight is 324 g/mol. The largest absolute Gasteiger partial charge is 0.497 e. The molecule has 0 N–H and O–H groups in total. The van der Waals surface area contributed by atoms with Crippen LogP contribution in [-0.2, 0) is 4.74 Å². The summed E-state index contributed by atoms with van der Waals surface area (Å²) >= 11 is 0. The van der Waals surface area contributed by atoms with Crippen molar-refractivity contribution < 1.29 is 14.3 Å². The standard InChI is InChI=1S/C20H22NO3/c1-4-15(2)14-24-20(22)17-7-9-18(10-8-17)21-13-16-5-11-19(23-3)12-6-16/h5-13H,4,14H2,1-3H3/q+1. The summed E-state index contributed by atoms with van der Waals surface area (Å²) in [6, 6.07) is 14.7. The van der Waals surface area contributed by atoms with E-state index in [0.717, 1.165) is 29.3 Å². The monoisotopic (exact) mass is 324 g/mol. The molecule has 0 saturated carbocycles. The minimum absolute atomic E-state index is 0.312. The normalized spacial score (nSPS) is 10.6. The zero-order chi connectivity index (χ0) is 17.4. The molecule has 2 aromatic carbocycles. The van der Waals surface area contributed by atoms with Crippen LogP contribution in [0.15, 0.2) is 53.5 Å².